The van der Waals surface area contributed by atoms with Crippen molar-refractivity contribution >= 4 is 5.78 Å². The zero-order valence-electron chi connectivity index (χ0n) is 17.3. The Hall–Kier alpha value is -1.11. The molecule has 0 amide bonds. The third kappa shape index (κ3) is 6.25. The molecule has 1 saturated carbocycles. The second-order valence-electron chi connectivity index (χ2n) is 8.46. The van der Waals surface area contributed by atoms with Gasteiger partial charge in [-0.3, -0.25) is 4.79 Å². The van der Waals surface area contributed by atoms with E-state index >= 15 is 0 Å². The first-order valence-electron chi connectivity index (χ1n) is 11.4. The summed E-state index contributed by atoms with van der Waals surface area (Å²) in [5, 5.41) is 0. The van der Waals surface area contributed by atoms with Crippen LogP contribution < -0.4 is 0 Å². The van der Waals surface area contributed by atoms with E-state index < -0.39 is 0 Å². The van der Waals surface area contributed by atoms with Crippen molar-refractivity contribution in [3.63, 3.8) is 0 Å². The Balaban J connectivity index is 1.95. The van der Waals surface area contributed by atoms with Gasteiger partial charge in [-0.25, -0.2) is 0 Å². The molecule has 0 spiro atoms. The van der Waals surface area contributed by atoms with E-state index in [1.165, 1.54) is 89.0 Å². The van der Waals surface area contributed by atoms with Crippen molar-refractivity contribution in [3.05, 3.63) is 35.4 Å². The Labute approximate surface area is 162 Å². The average Bonchev–Trinajstić information content (AvgIpc) is 2.69. The van der Waals surface area contributed by atoms with Gasteiger partial charge < -0.3 is 0 Å². The van der Waals surface area contributed by atoms with E-state index in [-0.39, 0.29) is 0 Å². The van der Waals surface area contributed by atoms with Crippen molar-refractivity contribution in [3.8, 4) is 0 Å². The number of carbonyl (C=O) groups is 1. The van der Waals surface area contributed by atoms with Crippen LogP contribution in [0.15, 0.2) is 24.3 Å². The van der Waals surface area contributed by atoms with Crippen molar-refractivity contribution in [1.29, 1.82) is 0 Å². The van der Waals surface area contributed by atoms with Gasteiger partial charge in [0.05, 0.1) is 0 Å². The molecule has 1 aromatic rings. The van der Waals surface area contributed by atoms with Crippen molar-refractivity contribution in [2.24, 2.45) is 0 Å². The maximum atomic E-state index is 12.5. The molecular formula is C25H40O. The van der Waals surface area contributed by atoms with E-state index in [1.54, 1.807) is 0 Å². The van der Waals surface area contributed by atoms with Gasteiger partial charge in [0, 0.05) is 12.0 Å². The number of Topliss-reactive ketones (excluding diaryl/α,β-unsaturated/α-hetero) is 1. The molecule has 1 aromatic carbocycles. The Morgan fingerprint density at radius 2 is 1.42 bits per heavy atom. The van der Waals surface area contributed by atoms with Crippen LogP contribution in [0.4, 0.5) is 0 Å². The molecule has 0 heterocycles. The fourth-order valence-electron chi connectivity index (χ4n) is 4.67. The van der Waals surface area contributed by atoms with E-state index in [2.05, 4.69) is 38.1 Å². The average molecular weight is 357 g/mol. The highest BCUT2D eigenvalue weighted by Crippen LogP contribution is 2.43. The van der Waals surface area contributed by atoms with Crippen molar-refractivity contribution in [2.45, 2.75) is 116 Å². The summed E-state index contributed by atoms with van der Waals surface area (Å²) in [5.74, 6) is 0.330. The van der Waals surface area contributed by atoms with E-state index in [4.69, 9.17) is 0 Å². The number of unbranched alkanes of at least 4 members (excludes halogenated alkanes) is 6. The summed E-state index contributed by atoms with van der Waals surface area (Å²) in [4.78, 5) is 12.5. The van der Waals surface area contributed by atoms with Crippen molar-refractivity contribution < 1.29 is 4.79 Å². The molecular weight excluding hydrogens is 316 g/mol. The number of hydrogen-bond donors (Lipinski definition) is 0. The lowest BCUT2D eigenvalue weighted by molar-refractivity contribution is 0.0979. The molecule has 0 aromatic heterocycles. The highest BCUT2D eigenvalue weighted by Gasteiger charge is 2.33. The topological polar surface area (TPSA) is 17.1 Å². The minimum absolute atomic E-state index is 0.330. The van der Waals surface area contributed by atoms with Gasteiger partial charge in [0.1, 0.15) is 0 Å². The molecule has 1 aliphatic carbocycles. The van der Waals surface area contributed by atoms with Gasteiger partial charge >= 0.3 is 0 Å². The van der Waals surface area contributed by atoms with Crippen molar-refractivity contribution in [1.82, 2.24) is 0 Å². The van der Waals surface area contributed by atoms with E-state index in [0.29, 0.717) is 17.6 Å². The summed E-state index contributed by atoms with van der Waals surface area (Å²) in [6.45, 7) is 4.52. The molecule has 0 aliphatic heterocycles. The lowest BCUT2D eigenvalue weighted by Gasteiger charge is -2.38. The minimum atomic E-state index is 0.330. The van der Waals surface area contributed by atoms with Crippen LogP contribution >= 0.6 is 0 Å². The Morgan fingerprint density at radius 1 is 0.808 bits per heavy atom. The van der Waals surface area contributed by atoms with E-state index in [9.17, 15) is 4.79 Å². The van der Waals surface area contributed by atoms with Gasteiger partial charge in [-0.15, -0.1) is 0 Å². The fraction of sp³-hybridized carbons (Fsp3) is 0.720. The fourth-order valence-corrected chi connectivity index (χ4v) is 4.67. The van der Waals surface area contributed by atoms with Crippen LogP contribution in [0.5, 0.6) is 0 Å². The number of carbonyl (C=O) groups excluding carboxylic acids is 1. The summed E-state index contributed by atoms with van der Waals surface area (Å²) in [6, 6.07) is 8.78. The molecule has 26 heavy (non-hydrogen) atoms. The summed E-state index contributed by atoms with van der Waals surface area (Å²) < 4.78 is 0. The van der Waals surface area contributed by atoms with Crippen LogP contribution in [0.3, 0.4) is 0 Å². The van der Waals surface area contributed by atoms with Crippen LogP contribution in [-0.4, -0.2) is 5.78 Å². The first-order chi connectivity index (χ1) is 12.7. The van der Waals surface area contributed by atoms with Crippen LogP contribution in [0.1, 0.15) is 126 Å². The molecule has 1 aliphatic rings. The summed E-state index contributed by atoms with van der Waals surface area (Å²) in [5.41, 5.74) is 2.80. The molecule has 146 valence electrons. The monoisotopic (exact) mass is 356 g/mol. The number of ketones is 1. The second kappa shape index (κ2) is 11.6. The first kappa shape index (κ1) is 21.2. The Kier molecular flexibility index (Phi) is 9.43. The predicted octanol–water partition coefficient (Wildman–Crippen LogP) is 8.01. The maximum absolute atomic E-state index is 12.5. The normalized spacial score (nSPS) is 16.5. The lowest BCUT2D eigenvalue weighted by Crippen LogP contribution is -2.29. The molecule has 0 saturated heterocycles. The highest BCUT2D eigenvalue weighted by atomic mass is 16.1. The van der Waals surface area contributed by atoms with E-state index in [1.807, 2.05) is 0 Å². The van der Waals surface area contributed by atoms with Gasteiger partial charge in [-0.2, -0.15) is 0 Å². The number of benzene rings is 1. The SMILES string of the molecule is CCCCCCCC(=O)c1ccc(C2(CCCCC)CCCCC2)cc1. The third-order valence-corrected chi connectivity index (χ3v) is 6.40. The summed E-state index contributed by atoms with van der Waals surface area (Å²) >= 11 is 0. The van der Waals surface area contributed by atoms with Gasteiger partial charge in [0.25, 0.3) is 0 Å². The van der Waals surface area contributed by atoms with Gasteiger partial charge in [-0.05, 0) is 36.7 Å². The molecule has 0 N–H and O–H groups in total. The Morgan fingerprint density at radius 3 is 2.08 bits per heavy atom. The van der Waals surface area contributed by atoms with Crippen LogP contribution in [0.2, 0.25) is 0 Å². The van der Waals surface area contributed by atoms with Crippen LogP contribution in [0, 0.1) is 0 Å². The largest absolute Gasteiger partial charge is 0.294 e. The standard InChI is InChI=1S/C25H40O/c1-3-5-7-8-10-14-24(26)22-15-17-23(18-16-22)25(19-11-6-4-2)20-12-9-13-21-25/h15-18H,3-14,19-21H2,1-2H3. The molecule has 0 radical (unpaired) electrons. The number of rotatable bonds is 12. The maximum Gasteiger partial charge on any atom is 0.162 e. The minimum Gasteiger partial charge on any atom is -0.294 e. The zero-order chi connectivity index (χ0) is 18.7. The zero-order valence-corrected chi connectivity index (χ0v) is 17.3. The summed E-state index contributed by atoms with van der Waals surface area (Å²) in [7, 11) is 0. The molecule has 0 bridgehead atoms. The van der Waals surface area contributed by atoms with Crippen LogP contribution in [-0.2, 0) is 5.41 Å². The molecule has 1 heteroatoms. The van der Waals surface area contributed by atoms with E-state index in [0.717, 1.165) is 12.0 Å². The quantitative estimate of drug-likeness (QED) is 0.274. The van der Waals surface area contributed by atoms with Gasteiger partial charge in [0.2, 0.25) is 0 Å². The van der Waals surface area contributed by atoms with Crippen LogP contribution in [0.25, 0.3) is 0 Å². The van der Waals surface area contributed by atoms with Gasteiger partial charge in [-0.1, -0.05) is 102 Å². The van der Waals surface area contributed by atoms with Gasteiger partial charge in [0.15, 0.2) is 5.78 Å². The lowest BCUT2D eigenvalue weighted by atomic mass is 9.66. The molecule has 1 nitrogen and oxygen atoms in total. The highest BCUT2D eigenvalue weighted by molar-refractivity contribution is 5.96. The number of hydrogen-bond acceptors (Lipinski definition) is 1. The van der Waals surface area contributed by atoms with Crippen molar-refractivity contribution in [2.75, 3.05) is 0 Å². The molecule has 0 atom stereocenters. The summed E-state index contributed by atoms with van der Waals surface area (Å²) in [6.07, 6.45) is 18.9. The molecule has 2 rings (SSSR count). The molecule has 1 fully saturated rings. The second-order valence-corrected chi connectivity index (χ2v) is 8.46. The smallest absolute Gasteiger partial charge is 0.162 e. The Bertz CT molecular complexity index is 507. The predicted molar refractivity (Wildman–Crippen MR) is 113 cm³/mol. The first-order valence-corrected chi connectivity index (χ1v) is 11.4. The third-order valence-electron chi connectivity index (χ3n) is 6.40. The molecule has 0 unspecified atom stereocenters.